The van der Waals surface area contributed by atoms with Gasteiger partial charge < -0.3 is 20.3 Å². The molecule has 0 aromatic carbocycles. The smallest absolute Gasteiger partial charge is 0.237 e. The molecule has 2 rings (SSSR count). The van der Waals surface area contributed by atoms with Crippen LogP contribution in [0.5, 0.6) is 0 Å². The van der Waals surface area contributed by atoms with E-state index < -0.39 is 0 Å². The Morgan fingerprint density at radius 3 is 2.74 bits per heavy atom. The number of morpholine rings is 1. The zero-order chi connectivity index (χ0) is 13.5. The molecular weight excluding hydrogens is 246 g/mol. The summed E-state index contributed by atoms with van der Waals surface area (Å²) in [4.78, 5) is 25.5. The number of carbonyl (C=O) groups excluding carboxylic acids is 2. The molecule has 6 nitrogen and oxygen atoms in total. The molecule has 2 saturated heterocycles. The molecule has 2 amide bonds. The van der Waals surface area contributed by atoms with Crippen molar-refractivity contribution >= 4 is 11.8 Å². The lowest BCUT2D eigenvalue weighted by molar-refractivity contribution is -0.135. The van der Waals surface area contributed by atoms with Gasteiger partial charge in [-0.25, -0.2) is 0 Å². The minimum absolute atomic E-state index is 0.0227. The van der Waals surface area contributed by atoms with Crippen molar-refractivity contribution in [2.24, 2.45) is 0 Å². The summed E-state index contributed by atoms with van der Waals surface area (Å²) in [5.41, 5.74) is 0. The topological polar surface area (TPSA) is 70.7 Å². The zero-order valence-corrected chi connectivity index (χ0v) is 11.3. The fourth-order valence-electron chi connectivity index (χ4n) is 2.46. The summed E-state index contributed by atoms with van der Waals surface area (Å²) in [5, 5.41) is 6.04. The van der Waals surface area contributed by atoms with Gasteiger partial charge in [0.25, 0.3) is 0 Å². The lowest BCUT2D eigenvalue weighted by atomic mass is 10.0. The first-order valence-corrected chi connectivity index (χ1v) is 7.14. The Labute approximate surface area is 113 Å². The fraction of sp³-hybridized carbons (Fsp3) is 0.846. The molecule has 19 heavy (non-hydrogen) atoms. The highest BCUT2D eigenvalue weighted by Gasteiger charge is 2.21. The summed E-state index contributed by atoms with van der Waals surface area (Å²) in [6.45, 7) is 3.89. The highest BCUT2D eigenvalue weighted by atomic mass is 16.5. The molecule has 108 valence electrons. The number of piperidine rings is 1. The number of hydrogen-bond acceptors (Lipinski definition) is 4. The van der Waals surface area contributed by atoms with Crippen LogP contribution in [0.2, 0.25) is 0 Å². The van der Waals surface area contributed by atoms with Crippen molar-refractivity contribution in [1.29, 1.82) is 0 Å². The van der Waals surface area contributed by atoms with E-state index in [-0.39, 0.29) is 17.9 Å². The fourth-order valence-corrected chi connectivity index (χ4v) is 2.46. The van der Waals surface area contributed by atoms with Crippen LogP contribution in [-0.2, 0) is 14.3 Å². The third kappa shape index (κ3) is 4.47. The van der Waals surface area contributed by atoms with E-state index in [1.165, 1.54) is 0 Å². The molecule has 1 unspecified atom stereocenters. The van der Waals surface area contributed by atoms with Crippen LogP contribution in [0.4, 0.5) is 0 Å². The Morgan fingerprint density at radius 2 is 2.05 bits per heavy atom. The highest BCUT2D eigenvalue weighted by molar-refractivity contribution is 5.82. The van der Waals surface area contributed by atoms with Gasteiger partial charge >= 0.3 is 0 Å². The third-order valence-corrected chi connectivity index (χ3v) is 3.63. The molecule has 6 heteroatoms. The van der Waals surface area contributed by atoms with Gasteiger partial charge in [0.05, 0.1) is 19.3 Å². The maximum atomic E-state index is 11.9. The summed E-state index contributed by atoms with van der Waals surface area (Å²) < 4.78 is 5.20. The van der Waals surface area contributed by atoms with E-state index in [2.05, 4.69) is 10.6 Å². The monoisotopic (exact) mass is 269 g/mol. The van der Waals surface area contributed by atoms with Crippen LogP contribution in [0.25, 0.3) is 0 Å². The standard InChI is InChI=1S/C13H23N3O3/c17-12(16-7-9-19-10-8-16)4-6-15-13(18)11-3-1-2-5-14-11/h11,14H,1-10H2,(H,15,18). The molecule has 2 aliphatic rings. The normalized spacial score (nSPS) is 24.0. The zero-order valence-electron chi connectivity index (χ0n) is 11.3. The second kappa shape index (κ2) is 7.45. The van der Waals surface area contributed by atoms with Crippen LogP contribution in [0.1, 0.15) is 25.7 Å². The summed E-state index contributed by atoms with van der Waals surface area (Å²) in [6.07, 6.45) is 3.50. The second-order valence-corrected chi connectivity index (χ2v) is 5.04. The molecule has 2 aliphatic heterocycles. The average molecular weight is 269 g/mol. The van der Waals surface area contributed by atoms with E-state index in [0.29, 0.717) is 39.3 Å². The molecule has 0 spiro atoms. The van der Waals surface area contributed by atoms with Crippen molar-refractivity contribution < 1.29 is 14.3 Å². The predicted molar refractivity (Wildman–Crippen MR) is 70.7 cm³/mol. The average Bonchev–Trinajstić information content (AvgIpc) is 2.49. The Bertz CT molecular complexity index is 280. The summed E-state index contributed by atoms with van der Waals surface area (Å²) in [6, 6.07) is -0.0766. The highest BCUT2D eigenvalue weighted by Crippen LogP contribution is 2.06. The first-order valence-electron chi connectivity index (χ1n) is 7.14. The van der Waals surface area contributed by atoms with Crippen molar-refractivity contribution in [3.8, 4) is 0 Å². The first kappa shape index (κ1) is 14.3. The maximum Gasteiger partial charge on any atom is 0.237 e. The van der Waals surface area contributed by atoms with Crippen molar-refractivity contribution in [2.75, 3.05) is 39.4 Å². The molecule has 2 heterocycles. The van der Waals surface area contributed by atoms with Gasteiger partial charge in [-0.3, -0.25) is 9.59 Å². The Balaban J connectivity index is 1.62. The minimum Gasteiger partial charge on any atom is -0.378 e. The third-order valence-electron chi connectivity index (χ3n) is 3.63. The molecule has 0 saturated carbocycles. The molecular formula is C13H23N3O3. The molecule has 0 bridgehead atoms. The lowest BCUT2D eigenvalue weighted by Crippen LogP contribution is -2.47. The van der Waals surface area contributed by atoms with Gasteiger partial charge in [0.15, 0.2) is 0 Å². The molecule has 1 atom stereocenters. The van der Waals surface area contributed by atoms with Crippen LogP contribution >= 0.6 is 0 Å². The van der Waals surface area contributed by atoms with Crippen LogP contribution in [0.3, 0.4) is 0 Å². The van der Waals surface area contributed by atoms with E-state index in [1.54, 1.807) is 4.90 Å². The van der Waals surface area contributed by atoms with Crippen molar-refractivity contribution in [3.63, 3.8) is 0 Å². The van der Waals surface area contributed by atoms with Gasteiger partial charge in [0.1, 0.15) is 0 Å². The minimum atomic E-state index is -0.0766. The Hall–Kier alpha value is -1.14. The van der Waals surface area contributed by atoms with Gasteiger partial charge in [-0.05, 0) is 19.4 Å². The van der Waals surface area contributed by atoms with Gasteiger partial charge in [-0.15, -0.1) is 0 Å². The molecule has 0 aliphatic carbocycles. The number of amides is 2. The van der Waals surface area contributed by atoms with Gasteiger partial charge in [-0.2, -0.15) is 0 Å². The summed E-state index contributed by atoms with van der Waals surface area (Å²) in [5.74, 6) is 0.120. The molecule has 0 radical (unpaired) electrons. The maximum absolute atomic E-state index is 11.9. The lowest BCUT2D eigenvalue weighted by Gasteiger charge is -2.27. The molecule has 2 N–H and O–H groups in total. The van der Waals surface area contributed by atoms with E-state index in [9.17, 15) is 9.59 Å². The number of rotatable bonds is 4. The Kier molecular flexibility index (Phi) is 5.60. The van der Waals surface area contributed by atoms with E-state index in [1.807, 2.05) is 0 Å². The van der Waals surface area contributed by atoms with Crippen LogP contribution < -0.4 is 10.6 Å². The van der Waals surface area contributed by atoms with Gasteiger partial charge in [-0.1, -0.05) is 6.42 Å². The number of nitrogens with one attached hydrogen (secondary N) is 2. The number of nitrogens with zero attached hydrogens (tertiary/aromatic N) is 1. The Morgan fingerprint density at radius 1 is 1.26 bits per heavy atom. The number of ether oxygens (including phenoxy) is 1. The molecule has 0 aromatic rings. The first-order chi connectivity index (χ1) is 9.27. The quantitative estimate of drug-likeness (QED) is 0.721. The van der Waals surface area contributed by atoms with E-state index >= 15 is 0 Å². The van der Waals surface area contributed by atoms with Crippen LogP contribution in [0, 0.1) is 0 Å². The number of carbonyl (C=O) groups is 2. The largest absolute Gasteiger partial charge is 0.378 e. The molecule has 0 aromatic heterocycles. The summed E-state index contributed by atoms with van der Waals surface area (Å²) >= 11 is 0. The number of hydrogen-bond donors (Lipinski definition) is 2. The second-order valence-electron chi connectivity index (χ2n) is 5.04. The van der Waals surface area contributed by atoms with E-state index in [4.69, 9.17) is 4.74 Å². The SMILES string of the molecule is O=C(NCCC(=O)N1CCOCC1)C1CCCCN1. The predicted octanol–water partition coefficient (Wildman–Crippen LogP) is -0.506. The van der Waals surface area contributed by atoms with Crippen molar-refractivity contribution in [3.05, 3.63) is 0 Å². The van der Waals surface area contributed by atoms with E-state index in [0.717, 1.165) is 25.8 Å². The summed E-state index contributed by atoms with van der Waals surface area (Å²) in [7, 11) is 0. The van der Waals surface area contributed by atoms with Crippen molar-refractivity contribution in [2.45, 2.75) is 31.7 Å². The van der Waals surface area contributed by atoms with Gasteiger partial charge in [0, 0.05) is 26.1 Å². The van der Waals surface area contributed by atoms with Crippen LogP contribution in [0.15, 0.2) is 0 Å². The van der Waals surface area contributed by atoms with Crippen LogP contribution in [-0.4, -0.2) is 62.1 Å². The van der Waals surface area contributed by atoms with Crippen molar-refractivity contribution in [1.82, 2.24) is 15.5 Å². The molecule has 2 fully saturated rings. The van der Waals surface area contributed by atoms with Gasteiger partial charge in [0.2, 0.25) is 11.8 Å².